The molecule has 0 radical (unpaired) electrons. The third-order valence-electron chi connectivity index (χ3n) is 5.57. The Balaban J connectivity index is 1.64. The van der Waals surface area contributed by atoms with Gasteiger partial charge in [0.1, 0.15) is 11.6 Å². The van der Waals surface area contributed by atoms with Gasteiger partial charge in [0.25, 0.3) is 5.91 Å². The molecule has 6 heteroatoms. The zero-order valence-electron chi connectivity index (χ0n) is 18.5. The molecule has 3 aromatic rings. The van der Waals surface area contributed by atoms with E-state index in [1.807, 2.05) is 13.0 Å². The Hall–Kier alpha value is -3.80. The van der Waals surface area contributed by atoms with E-state index in [-0.39, 0.29) is 17.6 Å². The fraction of sp³-hybridized carbons (Fsp3) is 0.185. The minimum atomic E-state index is -0.690. The summed E-state index contributed by atoms with van der Waals surface area (Å²) in [6.07, 6.45) is 1.46. The minimum absolute atomic E-state index is 0.163. The van der Waals surface area contributed by atoms with Crippen molar-refractivity contribution in [3.05, 3.63) is 94.6 Å². The van der Waals surface area contributed by atoms with Crippen molar-refractivity contribution in [2.45, 2.75) is 32.8 Å². The van der Waals surface area contributed by atoms with Crippen LogP contribution in [0.3, 0.4) is 0 Å². The first-order valence-electron chi connectivity index (χ1n) is 10.7. The van der Waals surface area contributed by atoms with Crippen LogP contribution >= 0.6 is 0 Å². The fourth-order valence-electron chi connectivity index (χ4n) is 3.93. The average Bonchev–Trinajstić information content (AvgIpc) is 3.11. The second-order valence-electron chi connectivity index (χ2n) is 8.24. The Bertz CT molecular complexity index is 1280. The van der Waals surface area contributed by atoms with Gasteiger partial charge in [0.05, 0.1) is 11.7 Å². The van der Waals surface area contributed by atoms with Crippen molar-refractivity contribution in [2.24, 2.45) is 0 Å². The molecule has 0 fully saturated rings. The molecule has 168 valence electrons. The van der Waals surface area contributed by atoms with Crippen LogP contribution in [0.1, 0.15) is 48.2 Å². The second kappa shape index (κ2) is 8.98. The first-order chi connectivity index (χ1) is 15.7. The van der Waals surface area contributed by atoms with Crippen LogP contribution in [-0.4, -0.2) is 18.0 Å². The number of nitrogens with one attached hydrogen (secondary N) is 1. The number of carbonyl (C=O) groups excluding carboxylic acids is 2. The second-order valence-corrected chi connectivity index (χ2v) is 8.24. The summed E-state index contributed by atoms with van der Waals surface area (Å²) in [5, 5.41) is 2.76. The lowest BCUT2D eigenvalue weighted by Crippen LogP contribution is -2.15. The van der Waals surface area contributed by atoms with Gasteiger partial charge in [-0.1, -0.05) is 37.3 Å². The van der Waals surface area contributed by atoms with E-state index in [0.717, 1.165) is 5.56 Å². The number of hydrogen-bond acceptors (Lipinski definition) is 3. The summed E-state index contributed by atoms with van der Waals surface area (Å²) in [5.41, 5.74) is 3.42. The maximum absolute atomic E-state index is 14.5. The first kappa shape index (κ1) is 22.4. The number of ether oxygens (including phenoxy) is 1. The van der Waals surface area contributed by atoms with Crippen LogP contribution in [0, 0.1) is 11.6 Å². The number of anilines is 1. The lowest BCUT2D eigenvalue weighted by molar-refractivity contribution is -0.142. The van der Waals surface area contributed by atoms with Gasteiger partial charge in [-0.05, 0) is 66.9 Å². The Kier molecular flexibility index (Phi) is 6.09. The Morgan fingerprint density at radius 2 is 1.70 bits per heavy atom. The zero-order valence-corrected chi connectivity index (χ0v) is 18.5. The quantitative estimate of drug-likeness (QED) is 0.465. The monoisotopic (exact) mass is 447 g/mol. The molecule has 0 aliphatic heterocycles. The molecule has 1 aliphatic carbocycles. The summed E-state index contributed by atoms with van der Waals surface area (Å²) < 4.78 is 33.5. The Labute approximate surface area is 190 Å². The molecule has 1 atom stereocenters. The standard InChI is InChI=1S/C27H23F2NO3/c1-15(2)33-27(32)21-14-22-20(16(21)3)8-5-9-25(22)30-26(31)23-13-18(10-11-24(23)29)17-6-4-7-19(28)12-17/h4-16H,1-3H3,(H,30,31)/t16-/m1/s1. The van der Waals surface area contributed by atoms with E-state index in [1.165, 1.54) is 30.3 Å². The van der Waals surface area contributed by atoms with Crippen LogP contribution in [0.5, 0.6) is 0 Å². The third kappa shape index (κ3) is 4.55. The maximum atomic E-state index is 14.5. The smallest absolute Gasteiger partial charge is 0.334 e. The molecule has 0 saturated carbocycles. The molecule has 0 aromatic heterocycles. The highest BCUT2D eigenvalue weighted by Crippen LogP contribution is 2.40. The lowest BCUT2D eigenvalue weighted by atomic mass is 9.97. The van der Waals surface area contributed by atoms with Crippen molar-refractivity contribution in [1.82, 2.24) is 0 Å². The first-order valence-corrected chi connectivity index (χ1v) is 10.7. The number of amides is 1. The molecular formula is C27H23F2NO3. The summed E-state index contributed by atoms with van der Waals surface area (Å²) in [4.78, 5) is 25.5. The largest absolute Gasteiger partial charge is 0.460 e. The van der Waals surface area contributed by atoms with Gasteiger partial charge in [0.15, 0.2) is 0 Å². The molecule has 1 aliphatic rings. The molecule has 33 heavy (non-hydrogen) atoms. The number of carbonyl (C=O) groups is 2. The van der Waals surface area contributed by atoms with E-state index >= 15 is 0 Å². The topological polar surface area (TPSA) is 55.4 Å². The molecule has 1 amide bonds. The van der Waals surface area contributed by atoms with E-state index in [4.69, 9.17) is 4.74 Å². The minimum Gasteiger partial charge on any atom is -0.460 e. The van der Waals surface area contributed by atoms with Crippen molar-refractivity contribution >= 4 is 23.6 Å². The highest BCUT2D eigenvalue weighted by Gasteiger charge is 2.29. The molecule has 4 nitrogen and oxygen atoms in total. The normalized spacial score (nSPS) is 14.6. The van der Waals surface area contributed by atoms with E-state index < -0.39 is 23.5 Å². The summed E-state index contributed by atoms with van der Waals surface area (Å²) in [6, 6.07) is 15.3. The van der Waals surface area contributed by atoms with Gasteiger partial charge >= 0.3 is 5.97 Å². The van der Waals surface area contributed by atoms with E-state index in [1.54, 1.807) is 44.2 Å². The average molecular weight is 447 g/mol. The van der Waals surface area contributed by atoms with Gasteiger partial charge in [-0.25, -0.2) is 13.6 Å². The van der Waals surface area contributed by atoms with Crippen molar-refractivity contribution in [3.63, 3.8) is 0 Å². The van der Waals surface area contributed by atoms with Crippen molar-refractivity contribution in [2.75, 3.05) is 5.32 Å². The highest BCUT2D eigenvalue weighted by molar-refractivity contribution is 6.07. The van der Waals surface area contributed by atoms with E-state index in [0.29, 0.717) is 28.0 Å². The molecule has 0 saturated heterocycles. The molecule has 0 unspecified atom stereocenters. The van der Waals surface area contributed by atoms with Gasteiger partial charge in [-0.15, -0.1) is 0 Å². The predicted molar refractivity (Wildman–Crippen MR) is 124 cm³/mol. The molecule has 0 heterocycles. The number of rotatable bonds is 5. The highest BCUT2D eigenvalue weighted by atomic mass is 19.1. The summed E-state index contributed by atoms with van der Waals surface area (Å²) >= 11 is 0. The van der Waals surface area contributed by atoms with Gasteiger partial charge in [-0.3, -0.25) is 4.79 Å². The van der Waals surface area contributed by atoms with E-state index in [9.17, 15) is 18.4 Å². The fourth-order valence-corrected chi connectivity index (χ4v) is 3.93. The molecule has 0 bridgehead atoms. The van der Waals surface area contributed by atoms with Crippen LogP contribution in [0.4, 0.5) is 14.5 Å². The lowest BCUT2D eigenvalue weighted by Gasteiger charge is -2.14. The number of halogens is 2. The van der Waals surface area contributed by atoms with Crippen LogP contribution < -0.4 is 5.32 Å². The molecular weight excluding hydrogens is 424 g/mol. The number of hydrogen-bond donors (Lipinski definition) is 1. The van der Waals surface area contributed by atoms with Gasteiger partial charge < -0.3 is 10.1 Å². The molecule has 0 spiro atoms. The SMILES string of the molecule is CC(C)OC(=O)C1=Cc2c(NC(=O)c3cc(-c4cccc(F)c4)ccc3F)cccc2[C@H]1C. The Morgan fingerprint density at radius 1 is 0.970 bits per heavy atom. The van der Waals surface area contributed by atoms with Crippen LogP contribution in [-0.2, 0) is 9.53 Å². The number of fused-ring (bicyclic) bond motifs is 1. The Morgan fingerprint density at radius 3 is 2.42 bits per heavy atom. The third-order valence-corrected chi connectivity index (χ3v) is 5.57. The van der Waals surface area contributed by atoms with Crippen molar-refractivity contribution in [1.29, 1.82) is 0 Å². The molecule has 1 N–H and O–H groups in total. The van der Waals surface area contributed by atoms with Crippen LogP contribution in [0.15, 0.2) is 66.2 Å². The van der Waals surface area contributed by atoms with Crippen molar-refractivity contribution in [3.8, 4) is 11.1 Å². The summed E-state index contributed by atoms with van der Waals surface area (Å²) in [6.45, 7) is 5.46. The van der Waals surface area contributed by atoms with Gasteiger partial charge in [0, 0.05) is 22.7 Å². The summed E-state index contributed by atoms with van der Waals surface area (Å²) in [5.74, 6) is -2.35. The molecule has 3 aromatic carbocycles. The van der Waals surface area contributed by atoms with Crippen molar-refractivity contribution < 1.29 is 23.1 Å². The number of benzene rings is 3. The van der Waals surface area contributed by atoms with Gasteiger partial charge in [0.2, 0.25) is 0 Å². The van der Waals surface area contributed by atoms with E-state index in [2.05, 4.69) is 5.32 Å². The predicted octanol–water partition coefficient (Wildman–Crippen LogP) is 6.34. The van der Waals surface area contributed by atoms with Gasteiger partial charge in [-0.2, -0.15) is 0 Å². The summed E-state index contributed by atoms with van der Waals surface area (Å²) in [7, 11) is 0. The van der Waals surface area contributed by atoms with Crippen LogP contribution in [0.25, 0.3) is 17.2 Å². The molecule has 4 rings (SSSR count). The maximum Gasteiger partial charge on any atom is 0.334 e. The van der Waals surface area contributed by atoms with Crippen LogP contribution in [0.2, 0.25) is 0 Å². The number of esters is 1. The zero-order chi connectivity index (χ0) is 23.7.